The first kappa shape index (κ1) is 31.6. The monoisotopic (exact) mass is 675 g/mol. The number of benzene rings is 3. The van der Waals surface area contributed by atoms with Crippen LogP contribution >= 0.6 is 47.4 Å². The van der Waals surface area contributed by atoms with Crippen LogP contribution in [0.25, 0.3) is 0 Å². The third-order valence-electron chi connectivity index (χ3n) is 6.72. The molecule has 5 rings (SSSR count). The summed E-state index contributed by atoms with van der Waals surface area (Å²) in [6, 6.07) is 19.0. The van der Waals surface area contributed by atoms with Crippen molar-refractivity contribution in [3.8, 4) is 11.5 Å². The summed E-state index contributed by atoms with van der Waals surface area (Å²) in [4.78, 5) is 40.9. The molecule has 2 unspecified atom stereocenters. The van der Waals surface area contributed by atoms with Crippen LogP contribution in [0, 0.1) is 0 Å². The number of tetrazole rings is 1. The molecule has 0 saturated carbocycles. The number of carbonyl (C=O) groups is 3. The summed E-state index contributed by atoms with van der Waals surface area (Å²) in [7, 11) is 1.63. The van der Waals surface area contributed by atoms with Gasteiger partial charge in [-0.2, -0.15) is 12.6 Å². The molecule has 3 aromatic carbocycles. The molecule has 4 aromatic rings. The molecule has 0 radical (unpaired) electrons. The van der Waals surface area contributed by atoms with Crippen LogP contribution in [-0.4, -0.2) is 60.1 Å². The normalized spacial score (nSPS) is 15.2. The van der Waals surface area contributed by atoms with Gasteiger partial charge in [0.25, 0.3) is 0 Å². The maximum absolute atomic E-state index is 13.3. The van der Waals surface area contributed by atoms with Crippen molar-refractivity contribution in [1.82, 2.24) is 25.1 Å². The zero-order valence-corrected chi connectivity index (χ0v) is 26.1. The highest BCUT2D eigenvalue weighted by atomic mass is 35.6. The van der Waals surface area contributed by atoms with Crippen molar-refractivity contribution in [3.05, 3.63) is 101 Å². The van der Waals surface area contributed by atoms with Crippen molar-refractivity contribution >= 4 is 65.5 Å². The number of hydrogen-bond donors (Lipinski definition) is 1. The van der Waals surface area contributed by atoms with E-state index in [1.54, 1.807) is 73.8 Å². The SMILES string of the molecule is Cn1nnnc1C(S)C1c2cc(OC(=O)c3ccccc3)c(OC(=O)c3ccccc3)cc2CCN1C(=O)OCC(Cl)(Cl)Cl. The zero-order valence-electron chi connectivity index (χ0n) is 23.0. The summed E-state index contributed by atoms with van der Waals surface area (Å²) < 4.78 is 16.4. The van der Waals surface area contributed by atoms with Crippen molar-refractivity contribution < 1.29 is 28.6 Å². The van der Waals surface area contributed by atoms with Gasteiger partial charge in [0.2, 0.25) is 3.79 Å². The first-order valence-corrected chi connectivity index (χ1v) is 14.8. The molecule has 0 N–H and O–H groups in total. The summed E-state index contributed by atoms with van der Waals surface area (Å²) in [5.41, 5.74) is 1.80. The van der Waals surface area contributed by atoms with Gasteiger partial charge in [-0.1, -0.05) is 71.2 Å². The van der Waals surface area contributed by atoms with Crippen molar-refractivity contribution in [1.29, 1.82) is 0 Å². The lowest BCUT2D eigenvalue weighted by Gasteiger charge is -2.39. The Balaban J connectivity index is 1.58. The Bertz CT molecular complexity index is 1670. The lowest BCUT2D eigenvalue weighted by atomic mass is 9.89. The first-order chi connectivity index (χ1) is 21.0. The summed E-state index contributed by atoms with van der Waals surface area (Å²) in [5.74, 6) is -1.03. The number of aryl methyl sites for hydroxylation is 1. The van der Waals surface area contributed by atoms with E-state index >= 15 is 0 Å². The van der Waals surface area contributed by atoms with Crippen molar-refractivity contribution in [3.63, 3.8) is 0 Å². The Morgan fingerprint density at radius 3 is 2.05 bits per heavy atom. The minimum Gasteiger partial charge on any atom is -0.445 e. The molecule has 44 heavy (non-hydrogen) atoms. The summed E-state index contributed by atoms with van der Waals surface area (Å²) >= 11 is 22.3. The van der Waals surface area contributed by atoms with Crippen LogP contribution in [0.3, 0.4) is 0 Å². The molecule has 11 nitrogen and oxygen atoms in total. The van der Waals surface area contributed by atoms with Gasteiger partial charge in [-0.05, 0) is 64.4 Å². The first-order valence-electron chi connectivity index (χ1n) is 13.1. The Hall–Kier alpha value is -3.84. The van der Waals surface area contributed by atoms with E-state index in [9.17, 15) is 14.4 Å². The number of esters is 2. The smallest absolute Gasteiger partial charge is 0.410 e. The highest BCUT2D eigenvalue weighted by Gasteiger charge is 2.40. The number of hydrogen-bond acceptors (Lipinski definition) is 10. The van der Waals surface area contributed by atoms with Gasteiger partial charge in [0.1, 0.15) is 6.61 Å². The number of alkyl halides is 3. The van der Waals surface area contributed by atoms with Gasteiger partial charge in [-0.3, -0.25) is 4.90 Å². The molecule has 1 aliphatic heterocycles. The van der Waals surface area contributed by atoms with Gasteiger partial charge in [-0.15, -0.1) is 5.10 Å². The second kappa shape index (κ2) is 13.4. The molecule has 1 aliphatic rings. The number of aromatic nitrogens is 4. The van der Waals surface area contributed by atoms with Gasteiger partial charge < -0.3 is 14.2 Å². The largest absolute Gasteiger partial charge is 0.445 e. The lowest BCUT2D eigenvalue weighted by Crippen LogP contribution is -2.43. The van der Waals surface area contributed by atoms with E-state index < -0.39 is 39.7 Å². The Morgan fingerprint density at radius 1 is 0.955 bits per heavy atom. The van der Waals surface area contributed by atoms with Crippen LogP contribution in [0.2, 0.25) is 0 Å². The number of fused-ring (bicyclic) bond motifs is 1. The van der Waals surface area contributed by atoms with Crippen LogP contribution in [0.4, 0.5) is 4.79 Å². The number of thiol groups is 1. The van der Waals surface area contributed by atoms with E-state index in [1.165, 1.54) is 15.6 Å². The molecule has 15 heteroatoms. The van der Waals surface area contributed by atoms with Crippen LogP contribution in [0.15, 0.2) is 72.8 Å². The quantitative estimate of drug-likeness (QED) is 0.113. The minimum absolute atomic E-state index is 0.0175. The highest BCUT2D eigenvalue weighted by Crippen LogP contribution is 2.46. The minimum atomic E-state index is -1.83. The number of halogens is 3. The molecule has 1 amide bonds. The summed E-state index contributed by atoms with van der Waals surface area (Å²) in [6.45, 7) is -0.336. The molecule has 0 bridgehead atoms. The molecule has 1 aromatic heterocycles. The Morgan fingerprint density at radius 2 is 1.52 bits per heavy atom. The fraction of sp³-hybridized carbons (Fsp3) is 0.241. The van der Waals surface area contributed by atoms with Crippen molar-refractivity contribution in [2.45, 2.75) is 21.5 Å². The standard InChI is InChI=1S/C29H24Cl3N5O6S/c1-36-25(33-34-35-36)24(44)23-20-15-22(43-27(39)18-10-6-3-7-11-18)21(42-26(38)17-8-4-2-5-9-17)14-19(20)12-13-37(23)28(40)41-16-29(30,31)32/h2-11,14-15,23-24,44H,12-13,16H2,1H3. The molecular weight excluding hydrogens is 653 g/mol. The molecule has 0 fully saturated rings. The van der Waals surface area contributed by atoms with Gasteiger partial charge in [0, 0.05) is 13.6 Å². The third-order valence-corrected chi connectivity index (χ3v) is 7.56. The van der Waals surface area contributed by atoms with E-state index in [2.05, 4.69) is 15.5 Å². The van der Waals surface area contributed by atoms with E-state index in [-0.39, 0.29) is 23.6 Å². The lowest BCUT2D eigenvalue weighted by molar-refractivity contribution is 0.0679. The average Bonchev–Trinajstić information content (AvgIpc) is 3.45. The summed E-state index contributed by atoms with van der Waals surface area (Å²) in [5, 5.41) is 10.9. The number of amides is 1. The van der Waals surface area contributed by atoms with Crippen LogP contribution < -0.4 is 9.47 Å². The predicted molar refractivity (Wildman–Crippen MR) is 165 cm³/mol. The van der Waals surface area contributed by atoms with Gasteiger partial charge >= 0.3 is 18.0 Å². The average molecular weight is 677 g/mol. The molecular formula is C29H24Cl3N5O6S. The Kier molecular flexibility index (Phi) is 9.64. The Labute approximate surface area is 272 Å². The third kappa shape index (κ3) is 7.27. The number of rotatable bonds is 7. The molecule has 0 saturated heterocycles. The van der Waals surface area contributed by atoms with Gasteiger partial charge in [0.05, 0.1) is 22.4 Å². The number of nitrogens with zero attached hydrogens (tertiary/aromatic N) is 5. The van der Waals surface area contributed by atoms with Crippen LogP contribution in [0.5, 0.6) is 11.5 Å². The molecule has 2 heterocycles. The number of ether oxygens (including phenoxy) is 3. The second-order valence-corrected chi connectivity index (χ2v) is 12.7. The van der Waals surface area contributed by atoms with Gasteiger partial charge in [0.15, 0.2) is 17.3 Å². The maximum Gasteiger partial charge on any atom is 0.410 e. The second-order valence-electron chi connectivity index (χ2n) is 9.67. The van der Waals surface area contributed by atoms with Gasteiger partial charge in [-0.25, -0.2) is 19.1 Å². The van der Waals surface area contributed by atoms with E-state index in [4.69, 9.17) is 61.6 Å². The topological polar surface area (TPSA) is 126 Å². The van der Waals surface area contributed by atoms with Crippen molar-refractivity contribution in [2.75, 3.05) is 13.2 Å². The zero-order chi connectivity index (χ0) is 31.4. The molecule has 0 aliphatic carbocycles. The van der Waals surface area contributed by atoms with Crippen LogP contribution in [0.1, 0.15) is 49.0 Å². The molecule has 0 spiro atoms. The van der Waals surface area contributed by atoms with E-state index in [0.717, 1.165) is 0 Å². The predicted octanol–water partition coefficient (Wildman–Crippen LogP) is 5.73. The summed E-state index contributed by atoms with van der Waals surface area (Å²) in [6.07, 6.45) is -0.460. The molecule has 228 valence electrons. The maximum atomic E-state index is 13.3. The fourth-order valence-electron chi connectivity index (χ4n) is 4.68. The fourth-order valence-corrected chi connectivity index (χ4v) is 5.39. The molecule has 2 atom stereocenters. The van der Waals surface area contributed by atoms with E-state index in [0.29, 0.717) is 28.9 Å². The van der Waals surface area contributed by atoms with Crippen LogP contribution in [-0.2, 0) is 18.2 Å². The van der Waals surface area contributed by atoms with E-state index in [1.807, 2.05) is 0 Å². The van der Waals surface area contributed by atoms with Crippen molar-refractivity contribution in [2.24, 2.45) is 7.05 Å². The highest BCUT2D eigenvalue weighted by molar-refractivity contribution is 7.80. The number of carbonyl (C=O) groups excluding carboxylic acids is 3.